The van der Waals surface area contributed by atoms with Gasteiger partial charge in [0.15, 0.2) is 0 Å². The van der Waals surface area contributed by atoms with Gasteiger partial charge < -0.3 is 14.8 Å². The summed E-state index contributed by atoms with van der Waals surface area (Å²) in [5, 5.41) is 13.1. The minimum absolute atomic E-state index is 0.0512. The summed E-state index contributed by atoms with van der Waals surface area (Å²) < 4.78 is 31.8. The van der Waals surface area contributed by atoms with Crippen LogP contribution in [0.2, 0.25) is 5.02 Å². The Morgan fingerprint density at radius 1 is 1.26 bits per heavy atom. The first-order chi connectivity index (χ1) is 12.9. The average Bonchev–Trinajstić information content (AvgIpc) is 3.21. The molecule has 0 aliphatic carbocycles. The van der Waals surface area contributed by atoms with Gasteiger partial charge in [-0.25, -0.2) is 8.42 Å². The number of furan rings is 1. The smallest absolute Gasteiger partial charge is 0.243 e. The molecule has 7 nitrogen and oxygen atoms in total. The summed E-state index contributed by atoms with van der Waals surface area (Å²) in [5.41, 5.74) is 0. The van der Waals surface area contributed by atoms with Crippen LogP contribution in [0.3, 0.4) is 0 Å². The van der Waals surface area contributed by atoms with E-state index in [1.54, 1.807) is 24.3 Å². The van der Waals surface area contributed by atoms with E-state index < -0.39 is 16.1 Å². The Morgan fingerprint density at radius 2 is 1.93 bits per heavy atom. The lowest BCUT2D eigenvalue weighted by Crippen LogP contribution is -2.43. The molecule has 1 aliphatic heterocycles. The third-order valence-corrected chi connectivity index (χ3v) is 6.78. The maximum Gasteiger partial charge on any atom is 0.243 e. The van der Waals surface area contributed by atoms with Gasteiger partial charge in [0, 0.05) is 24.0 Å². The lowest BCUT2D eigenvalue weighted by molar-refractivity contribution is -0.126. The topological polar surface area (TPSA) is 99.8 Å². The average molecular weight is 413 g/mol. The number of amides is 1. The molecule has 1 aromatic heterocycles. The fraction of sp³-hybridized carbons (Fsp3) is 0.389. The van der Waals surface area contributed by atoms with E-state index in [1.807, 2.05) is 0 Å². The number of aliphatic hydroxyl groups is 1. The fourth-order valence-corrected chi connectivity index (χ4v) is 4.63. The highest BCUT2D eigenvalue weighted by atomic mass is 35.5. The monoisotopic (exact) mass is 412 g/mol. The molecule has 2 heterocycles. The lowest BCUT2D eigenvalue weighted by atomic mass is 9.97. The SMILES string of the molecule is O=C(NCC(O)c1ccco1)C1CCN(S(=O)(=O)c2ccc(Cl)cc2)CC1. The van der Waals surface area contributed by atoms with Crippen molar-refractivity contribution in [2.75, 3.05) is 19.6 Å². The second kappa shape index (κ2) is 8.43. The number of hydrogen-bond donors (Lipinski definition) is 2. The summed E-state index contributed by atoms with van der Waals surface area (Å²) in [6, 6.07) is 9.34. The van der Waals surface area contributed by atoms with Gasteiger partial charge in [-0.15, -0.1) is 0 Å². The van der Waals surface area contributed by atoms with Crippen molar-refractivity contribution in [3.8, 4) is 0 Å². The van der Waals surface area contributed by atoms with Crippen molar-refractivity contribution in [2.45, 2.75) is 23.8 Å². The van der Waals surface area contributed by atoms with Gasteiger partial charge in [-0.2, -0.15) is 4.31 Å². The summed E-state index contributed by atoms with van der Waals surface area (Å²) >= 11 is 5.81. The van der Waals surface area contributed by atoms with Crippen LogP contribution < -0.4 is 5.32 Å². The van der Waals surface area contributed by atoms with Crippen LogP contribution >= 0.6 is 11.6 Å². The maximum atomic E-state index is 12.7. The molecule has 1 atom stereocenters. The predicted octanol–water partition coefficient (Wildman–Crippen LogP) is 2.18. The van der Waals surface area contributed by atoms with Crippen LogP contribution in [-0.2, 0) is 14.8 Å². The Labute approximate surface area is 163 Å². The standard InChI is InChI=1S/C18H21ClN2O5S/c19-14-3-5-15(6-4-14)27(24,25)21-9-7-13(8-10-21)18(23)20-12-16(22)17-2-1-11-26-17/h1-6,11,13,16,22H,7-10,12H2,(H,20,23). The summed E-state index contributed by atoms with van der Waals surface area (Å²) in [5.74, 6) is -0.0891. The maximum absolute atomic E-state index is 12.7. The number of rotatable bonds is 6. The Kier molecular flexibility index (Phi) is 6.21. The first-order valence-electron chi connectivity index (χ1n) is 8.63. The number of sulfonamides is 1. The number of hydrogen-bond acceptors (Lipinski definition) is 5. The number of halogens is 1. The molecule has 146 valence electrons. The number of benzene rings is 1. The molecule has 2 N–H and O–H groups in total. The molecule has 2 aromatic rings. The highest BCUT2D eigenvalue weighted by Crippen LogP contribution is 2.25. The van der Waals surface area contributed by atoms with Crippen LogP contribution in [-0.4, -0.2) is 43.4 Å². The normalized spacial score (nSPS) is 17.6. The molecule has 0 saturated carbocycles. The van der Waals surface area contributed by atoms with E-state index in [9.17, 15) is 18.3 Å². The third kappa shape index (κ3) is 4.70. The van der Waals surface area contributed by atoms with Gasteiger partial charge in [-0.3, -0.25) is 4.79 Å². The number of piperidine rings is 1. The van der Waals surface area contributed by atoms with E-state index in [2.05, 4.69) is 5.32 Å². The summed E-state index contributed by atoms with van der Waals surface area (Å²) in [7, 11) is -3.59. The van der Waals surface area contributed by atoms with Gasteiger partial charge in [-0.1, -0.05) is 11.6 Å². The molecule has 3 rings (SSSR count). The molecule has 1 unspecified atom stereocenters. The van der Waals surface area contributed by atoms with Gasteiger partial charge >= 0.3 is 0 Å². The molecule has 1 aromatic carbocycles. The fourth-order valence-electron chi connectivity index (χ4n) is 3.04. The zero-order valence-electron chi connectivity index (χ0n) is 14.5. The number of aliphatic hydroxyl groups excluding tert-OH is 1. The van der Waals surface area contributed by atoms with E-state index in [1.165, 1.54) is 22.7 Å². The largest absolute Gasteiger partial charge is 0.467 e. The quantitative estimate of drug-likeness (QED) is 0.757. The molecular formula is C18H21ClN2O5S. The Bertz CT molecular complexity index is 860. The summed E-state index contributed by atoms with van der Waals surface area (Å²) in [6.07, 6.45) is 1.40. The summed E-state index contributed by atoms with van der Waals surface area (Å²) in [6.45, 7) is 0.587. The Balaban J connectivity index is 1.52. The van der Waals surface area contributed by atoms with E-state index in [-0.39, 0.29) is 36.4 Å². The van der Waals surface area contributed by atoms with Crippen molar-refractivity contribution >= 4 is 27.5 Å². The van der Waals surface area contributed by atoms with E-state index >= 15 is 0 Å². The molecule has 9 heteroatoms. The molecule has 1 aliphatic rings. The van der Waals surface area contributed by atoms with Crippen molar-refractivity contribution in [1.82, 2.24) is 9.62 Å². The van der Waals surface area contributed by atoms with E-state index in [0.717, 1.165) is 0 Å². The van der Waals surface area contributed by atoms with Gasteiger partial charge in [0.1, 0.15) is 11.9 Å². The molecule has 0 bridgehead atoms. The minimum Gasteiger partial charge on any atom is -0.467 e. The van der Waals surface area contributed by atoms with Crippen molar-refractivity contribution in [3.05, 3.63) is 53.4 Å². The number of nitrogens with zero attached hydrogens (tertiary/aromatic N) is 1. The molecule has 0 spiro atoms. The number of nitrogens with one attached hydrogen (secondary N) is 1. The second-order valence-electron chi connectivity index (χ2n) is 6.41. The van der Waals surface area contributed by atoms with Gasteiger partial charge in [0.05, 0.1) is 17.7 Å². The van der Waals surface area contributed by atoms with E-state index in [0.29, 0.717) is 23.6 Å². The molecular weight excluding hydrogens is 392 g/mol. The van der Waals surface area contributed by atoms with Crippen LogP contribution in [0, 0.1) is 5.92 Å². The Morgan fingerprint density at radius 3 is 2.52 bits per heavy atom. The van der Waals surface area contributed by atoms with Crippen molar-refractivity contribution in [2.24, 2.45) is 5.92 Å². The van der Waals surface area contributed by atoms with Crippen molar-refractivity contribution in [1.29, 1.82) is 0 Å². The minimum atomic E-state index is -3.59. The molecule has 1 saturated heterocycles. The van der Waals surface area contributed by atoms with Crippen LogP contribution in [0.1, 0.15) is 24.7 Å². The zero-order valence-corrected chi connectivity index (χ0v) is 16.1. The predicted molar refractivity (Wildman–Crippen MR) is 99.6 cm³/mol. The highest BCUT2D eigenvalue weighted by Gasteiger charge is 2.32. The van der Waals surface area contributed by atoms with Gasteiger partial charge in [0.2, 0.25) is 15.9 Å². The lowest BCUT2D eigenvalue weighted by Gasteiger charge is -2.30. The van der Waals surface area contributed by atoms with E-state index in [4.69, 9.17) is 16.0 Å². The molecule has 0 radical (unpaired) electrons. The third-order valence-electron chi connectivity index (χ3n) is 4.62. The molecule has 27 heavy (non-hydrogen) atoms. The highest BCUT2D eigenvalue weighted by molar-refractivity contribution is 7.89. The second-order valence-corrected chi connectivity index (χ2v) is 8.78. The Hall–Kier alpha value is -1.87. The van der Waals surface area contributed by atoms with Crippen molar-refractivity contribution < 1.29 is 22.7 Å². The summed E-state index contributed by atoms with van der Waals surface area (Å²) in [4.78, 5) is 12.5. The van der Waals surface area contributed by atoms with Crippen LogP contribution in [0.5, 0.6) is 0 Å². The first-order valence-corrected chi connectivity index (χ1v) is 10.4. The zero-order chi connectivity index (χ0) is 19.4. The van der Waals surface area contributed by atoms with Crippen LogP contribution in [0.4, 0.5) is 0 Å². The molecule has 1 fully saturated rings. The first kappa shape index (κ1) is 19.9. The van der Waals surface area contributed by atoms with Crippen molar-refractivity contribution in [3.63, 3.8) is 0 Å². The number of carbonyl (C=O) groups excluding carboxylic acids is 1. The number of carbonyl (C=O) groups is 1. The van der Waals surface area contributed by atoms with Gasteiger partial charge in [-0.05, 0) is 49.2 Å². The van der Waals surface area contributed by atoms with Crippen LogP contribution in [0.15, 0.2) is 52.0 Å². The van der Waals surface area contributed by atoms with Crippen LogP contribution in [0.25, 0.3) is 0 Å². The molecule has 1 amide bonds. The van der Waals surface area contributed by atoms with Gasteiger partial charge in [0.25, 0.3) is 0 Å².